The van der Waals surface area contributed by atoms with Crippen LogP contribution in [0.15, 0.2) is 119 Å². The van der Waals surface area contributed by atoms with Crippen LogP contribution in [0.2, 0.25) is 0 Å². The highest BCUT2D eigenvalue weighted by Crippen LogP contribution is 2.31. The molecule has 36 heavy (non-hydrogen) atoms. The van der Waals surface area contributed by atoms with Crippen molar-refractivity contribution in [3.8, 4) is 22.3 Å². The Morgan fingerprint density at radius 2 is 0.972 bits per heavy atom. The number of aryl methyl sites for hydroxylation is 2. The second-order valence-electron chi connectivity index (χ2n) is 8.60. The van der Waals surface area contributed by atoms with E-state index < -0.39 is 0 Å². The highest BCUT2D eigenvalue weighted by Gasteiger charge is 2.06. The molecule has 0 aliphatic heterocycles. The minimum absolute atomic E-state index is 0.846. The van der Waals surface area contributed by atoms with E-state index in [4.69, 9.17) is 0 Å². The molecule has 0 aliphatic carbocycles. The van der Waals surface area contributed by atoms with E-state index in [-0.39, 0.29) is 0 Å². The molecule has 2 heterocycles. The molecular formula is C32H26N4. The first-order chi connectivity index (χ1) is 17.7. The van der Waals surface area contributed by atoms with Crippen LogP contribution in [-0.4, -0.2) is 22.4 Å². The molecule has 4 heteroatoms. The summed E-state index contributed by atoms with van der Waals surface area (Å²) in [6.07, 6.45) is 7.13. The van der Waals surface area contributed by atoms with Gasteiger partial charge in [0.15, 0.2) is 0 Å². The molecule has 4 nitrogen and oxygen atoms in total. The number of benzene rings is 3. The Morgan fingerprint density at radius 3 is 1.33 bits per heavy atom. The zero-order chi connectivity index (χ0) is 24.7. The molecule has 5 aromatic rings. The molecule has 0 N–H and O–H groups in total. The van der Waals surface area contributed by atoms with E-state index in [0.717, 1.165) is 22.8 Å². The molecule has 0 fully saturated rings. The third-order valence-electron chi connectivity index (χ3n) is 5.99. The molecular weight excluding hydrogens is 440 g/mol. The van der Waals surface area contributed by atoms with Crippen LogP contribution in [0.4, 0.5) is 11.4 Å². The van der Waals surface area contributed by atoms with E-state index in [2.05, 4.69) is 82.3 Å². The molecule has 2 aromatic heterocycles. The van der Waals surface area contributed by atoms with Gasteiger partial charge in [0.1, 0.15) is 0 Å². The van der Waals surface area contributed by atoms with Crippen molar-refractivity contribution < 1.29 is 0 Å². The van der Waals surface area contributed by atoms with Gasteiger partial charge in [0.05, 0.1) is 35.2 Å². The summed E-state index contributed by atoms with van der Waals surface area (Å²) in [6.45, 7) is 4.24. The molecule has 0 bridgehead atoms. The lowest BCUT2D eigenvalue weighted by molar-refractivity contribution is 1.30. The number of aliphatic imine (C=N–C) groups is 2. The lowest BCUT2D eigenvalue weighted by Crippen LogP contribution is -1.87. The second-order valence-corrected chi connectivity index (χ2v) is 8.60. The summed E-state index contributed by atoms with van der Waals surface area (Å²) in [5.74, 6) is 0. The summed E-state index contributed by atoms with van der Waals surface area (Å²) in [7, 11) is 0. The van der Waals surface area contributed by atoms with Gasteiger partial charge in [0.25, 0.3) is 0 Å². The molecule has 5 rings (SSSR count). The molecule has 0 saturated heterocycles. The van der Waals surface area contributed by atoms with Crippen LogP contribution in [0.25, 0.3) is 22.3 Å². The van der Waals surface area contributed by atoms with Gasteiger partial charge in [-0.3, -0.25) is 20.0 Å². The van der Waals surface area contributed by atoms with E-state index in [1.807, 2.05) is 48.5 Å². The molecule has 0 aliphatic rings. The molecule has 0 unspecified atom stereocenters. The summed E-state index contributed by atoms with van der Waals surface area (Å²) >= 11 is 0. The van der Waals surface area contributed by atoms with E-state index in [1.165, 1.54) is 33.4 Å². The number of pyridine rings is 2. The molecule has 0 saturated carbocycles. The van der Waals surface area contributed by atoms with Gasteiger partial charge in [-0.25, -0.2) is 0 Å². The summed E-state index contributed by atoms with van der Waals surface area (Å²) in [5.41, 5.74) is 10.7. The third kappa shape index (κ3) is 5.50. The highest BCUT2D eigenvalue weighted by atomic mass is 14.8. The summed E-state index contributed by atoms with van der Waals surface area (Å²) in [4.78, 5) is 17.7. The third-order valence-corrected chi connectivity index (χ3v) is 5.99. The second kappa shape index (κ2) is 10.7. The predicted octanol–water partition coefficient (Wildman–Crippen LogP) is 7.93. The fourth-order valence-electron chi connectivity index (χ4n) is 4.12. The molecule has 0 amide bonds. The average molecular weight is 467 g/mol. The minimum atomic E-state index is 0.846. The van der Waals surface area contributed by atoms with Gasteiger partial charge in [0, 0.05) is 12.4 Å². The van der Waals surface area contributed by atoms with Crippen LogP contribution in [0.5, 0.6) is 0 Å². The van der Waals surface area contributed by atoms with Gasteiger partial charge >= 0.3 is 0 Å². The van der Waals surface area contributed by atoms with E-state index in [1.54, 1.807) is 24.8 Å². The normalized spacial score (nSPS) is 11.4. The maximum absolute atomic E-state index is 4.57. The van der Waals surface area contributed by atoms with Gasteiger partial charge < -0.3 is 0 Å². The van der Waals surface area contributed by atoms with Gasteiger partial charge in [-0.2, -0.15) is 0 Å². The van der Waals surface area contributed by atoms with Crippen LogP contribution in [-0.2, 0) is 0 Å². The lowest BCUT2D eigenvalue weighted by atomic mass is 9.95. The molecule has 0 radical (unpaired) electrons. The zero-order valence-corrected chi connectivity index (χ0v) is 20.3. The van der Waals surface area contributed by atoms with Crippen molar-refractivity contribution in [1.29, 1.82) is 0 Å². The summed E-state index contributed by atoms with van der Waals surface area (Å²) < 4.78 is 0. The Labute approximate surface area is 211 Å². The van der Waals surface area contributed by atoms with Crippen molar-refractivity contribution in [3.63, 3.8) is 0 Å². The van der Waals surface area contributed by atoms with Crippen LogP contribution < -0.4 is 0 Å². The molecule has 0 spiro atoms. The van der Waals surface area contributed by atoms with Crippen LogP contribution in [0.3, 0.4) is 0 Å². The number of aromatic nitrogens is 2. The van der Waals surface area contributed by atoms with Crippen LogP contribution in [0, 0.1) is 13.8 Å². The van der Waals surface area contributed by atoms with Crippen molar-refractivity contribution in [2.24, 2.45) is 9.98 Å². The maximum atomic E-state index is 4.57. The quantitative estimate of drug-likeness (QED) is 0.239. The number of hydrogen-bond acceptors (Lipinski definition) is 4. The first kappa shape index (κ1) is 23.1. The topological polar surface area (TPSA) is 50.5 Å². The van der Waals surface area contributed by atoms with E-state index >= 15 is 0 Å². The standard InChI is InChI=1S/C32H26N4/c1-23-19-27(35-21-29-7-3-5-17-33-29)13-15-31(23)25-9-11-26(12-10-25)32-16-14-28(20-24(32)2)36-22-30-8-4-6-18-34-30/h3-22H,1-2H3. The van der Waals surface area contributed by atoms with Gasteiger partial charge in [-0.1, -0.05) is 48.5 Å². The smallest absolute Gasteiger partial charge is 0.0812 e. The predicted molar refractivity (Wildman–Crippen MR) is 150 cm³/mol. The van der Waals surface area contributed by atoms with Crippen LogP contribution in [0.1, 0.15) is 22.5 Å². The fourth-order valence-corrected chi connectivity index (χ4v) is 4.12. The Kier molecular flexibility index (Phi) is 6.86. The van der Waals surface area contributed by atoms with Gasteiger partial charge in [-0.15, -0.1) is 0 Å². The highest BCUT2D eigenvalue weighted by molar-refractivity contribution is 5.81. The van der Waals surface area contributed by atoms with Gasteiger partial charge in [-0.05, 0) is 95.8 Å². The molecule has 0 atom stereocenters. The van der Waals surface area contributed by atoms with Crippen LogP contribution >= 0.6 is 0 Å². The minimum Gasteiger partial charge on any atom is -0.255 e. The average Bonchev–Trinajstić information content (AvgIpc) is 2.92. The Morgan fingerprint density at radius 1 is 0.528 bits per heavy atom. The maximum Gasteiger partial charge on any atom is 0.0812 e. The Hall–Kier alpha value is -4.70. The molecule has 174 valence electrons. The number of nitrogens with zero attached hydrogens (tertiary/aromatic N) is 4. The Bertz CT molecular complexity index is 1400. The first-order valence-electron chi connectivity index (χ1n) is 11.9. The van der Waals surface area contributed by atoms with Crippen molar-refractivity contribution in [3.05, 3.63) is 132 Å². The van der Waals surface area contributed by atoms with Crippen molar-refractivity contribution >= 4 is 23.8 Å². The molecule has 3 aromatic carbocycles. The largest absolute Gasteiger partial charge is 0.255 e. The zero-order valence-electron chi connectivity index (χ0n) is 20.3. The number of rotatable bonds is 6. The summed E-state index contributed by atoms with van der Waals surface area (Å²) in [5, 5.41) is 0. The monoisotopic (exact) mass is 466 g/mol. The lowest BCUT2D eigenvalue weighted by Gasteiger charge is -2.10. The van der Waals surface area contributed by atoms with E-state index in [9.17, 15) is 0 Å². The number of hydrogen-bond donors (Lipinski definition) is 0. The van der Waals surface area contributed by atoms with E-state index in [0.29, 0.717) is 0 Å². The van der Waals surface area contributed by atoms with Crippen molar-refractivity contribution in [2.75, 3.05) is 0 Å². The van der Waals surface area contributed by atoms with Crippen molar-refractivity contribution in [1.82, 2.24) is 9.97 Å². The SMILES string of the molecule is Cc1cc(N=Cc2ccccn2)ccc1-c1ccc(-c2ccc(N=Cc3ccccn3)cc2C)cc1. The van der Waals surface area contributed by atoms with Gasteiger partial charge in [0.2, 0.25) is 0 Å². The summed E-state index contributed by atoms with van der Waals surface area (Å²) in [6, 6.07) is 32.9. The van der Waals surface area contributed by atoms with Crippen molar-refractivity contribution in [2.45, 2.75) is 13.8 Å². The fraction of sp³-hybridized carbons (Fsp3) is 0.0625. The first-order valence-corrected chi connectivity index (χ1v) is 11.9. The Balaban J connectivity index is 1.32.